The number of hydrogen-bond acceptors (Lipinski definition) is 6. The highest BCUT2D eigenvalue weighted by molar-refractivity contribution is 7.91. The van der Waals surface area contributed by atoms with E-state index in [4.69, 9.17) is 4.74 Å². The molecule has 8 nitrogen and oxygen atoms in total. The Balaban J connectivity index is 1.93. The molecule has 0 bridgehead atoms. The first-order chi connectivity index (χ1) is 16.0. The number of alkyl halides is 3. The lowest BCUT2D eigenvalue weighted by Crippen LogP contribution is -2.40. The molecule has 0 unspecified atom stereocenters. The highest BCUT2D eigenvalue weighted by atomic mass is 32.2. The van der Waals surface area contributed by atoms with Crippen molar-refractivity contribution in [2.24, 2.45) is 0 Å². The van der Waals surface area contributed by atoms with Gasteiger partial charge in [0.1, 0.15) is 5.60 Å². The number of amides is 1. The summed E-state index contributed by atoms with van der Waals surface area (Å²) in [5.41, 5.74) is -2.28. The zero-order valence-corrected chi connectivity index (χ0v) is 20.8. The molecule has 0 saturated carbocycles. The zero-order chi connectivity index (χ0) is 26.2. The molecule has 1 atom stereocenters. The van der Waals surface area contributed by atoms with E-state index >= 15 is 0 Å². The van der Waals surface area contributed by atoms with E-state index in [1.54, 1.807) is 26.8 Å². The first kappa shape index (κ1) is 27.0. The molecule has 192 valence electrons. The van der Waals surface area contributed by atoms with E-state index in [1.807, 2.05) is 0 Å². The molecule has 2 aromatic rings. The van der Waals surface area contributed by atoms with Gasteiger partial charge in [0.15, 0.2) is 0 Å². The monoisotopic (exact) mass is 534 g/mol. The maximum absolute atomic E-state index is 13.7. The molecule has 0 aliphatic carbocycles. The van der Waals surface area contributed by atoms with Gasteiger partial charge >= 0.3 is 12.3 Å². The van der Waals surface area contributed by atoms with Crippen molar-refractivity contribution < 1.29 is 39.5 Å². The lowest BCUT2D eigenvalue weighted by Gasteiger charge is -2.24. The quantitative estimate of drug-likeness (QED) is 0.625. The van der Waals surface area contributed by atoms with Gasteiger partial charge in [0.05, 0.1) is 20.2 Å². The topological polar surface area (TPSA) is 110 Å². The molecule has 0 aromatic heterocycles. The number of nitrogens with zero attached hydrogens (tertiary/aromatic N) is 1. The maximum atomic E-state index is 13.7. The fraction of sp³-hybridized carbons (Fsp3) is 0.409. The molecule has 13 heteroatoms. The Kier molecular flexibility index (Phi) is 7.26. The Labute approximate surface area is 202 Å². The molecule has 0 radical (unpaired) electrons. The average molecular weight is 535 g/mol. The third-order valence-corrected chi connectivity index (χ3v) is 8.40. The molecule has 0 spiro atoms. The van der Waals surface area contributed by atoms with Gasteiger partial charge in [-0.3, -0.25) is 0 Å². The number of ether oxygens (including phenoxy) is 1. The molecule has 2 aromatic carbocycles. The van der Waals surface area contributed by atoms with Crippen molar-refractivity contribution >= 4 is 26.0 Å². The number of sulfonamides is 1. The number of carbonyl (C=O) groups excluding carboxylic acids is 1. The largest absolute Gasteiger partial charge is 0.444 e. The Bertz CT molecular complexity index is 1300. The fourth-order valence-corrected chi connectivity index (χ4v) is 6.39. The summed E-state index contributed by atoms with van der Waals surface area (Å²) in [5.74, 6) is 0. The minimum Gasteiger partial charge on any atom is -0.444 e. The first-order valence-electron chi connectivity index (χ1n) is 10.5. The van der Waals surface area contributed by atoms with Crippen molar-refractivity contribution in [2.75, 3.05) is 13.1 Å². The smallest absolute Gasteiger partial charge is 0.417 e. The van der Waals surface area contributed by atoms with Crippen LogP contribution in [-0.2, 0) is 30.8 Å². The van der Waals surface area contributed by atoms with Crippen LogP contribution in [0, 0.1) is 0 Å². The highest BCUT2D eigenvalue weighted by Gasteiger charge is 2.40. The van der Waals surface area contributed by atoms with Crippen molar-refractivity contribution in [2.45, 2.75) is 59.7 Å². The summed E-state index contributed by atoms with van der Waals surface area (Å²) < 4.78 is 100. The third kappa shape index (κ3) is 6.33. The van der Waals surface area contributed by atoms with Crippen LogP contribution in [-0.4, -0.2) is 52.6 Å². The van der Waals surface area contributed by atoms with Crippen LogP contribution in [0.3, 0.4) is 0 Å². The van der Waals surface area contributed by atoms with Gasteiger partial charge in [0.2, 0.25) is 19.9 Å². The third-order valence-electron chi connectivity index (χ3n) is 5.07. The molecule has 1 saturated heterocycles. The van der Waals surface area contributed by atoms with Gasteiger partial charge in [0.25, 0.3) is 0 Å². The number of halogens is 3. The van der Waals surface area contributed by atoms with Crippen LogP contribution in [0.25, 0.3) is 0 Å². The van der Waals surface area contributed by atoms with Gasteiger partial charge in [-0.05, 0) is 57.5 Å². The second kappa shape index (κ2) is 9.43. The number of hydrogen-bond donors (Lipinski definition) is 1. The van der Waals surface area contributed by atoms with E-state index < -0.39 is 59.1 Å². The molecule has 35 heavy (non-hydrogen) atoms. The number of carbonyl (C=O) groups is 1. The zero-order valence-electron chi connectivity index (χ0n) is 19.2. The van der Waals surface area contributed by atoms with Crippen molar-refractivity contribution in [1.82, 2.24) is 9.62 Å². The minimum absolute atomic E-state index is 0.114. The number of benzene rings is 2. The van der Waals surface area contributed by atoms with Crippen LogP contribution < -0.4 is 4.72 Å². The lowest BCUT2D eigenvalue weighted by atomic mass is 10.2. The average Bonchev–Trinajstić information content (AvgIpc) is 3.20. The van der Waals surface area contributed by atoms with Crippen LogP contribution in [0.4, 0.5) is 18.0 Å². The van der Waals surface area contributed by atoms with Gasteiger partial charge in [-0.25, -0.2) is 26.4 Å². The number of rotatable bonds is 5. The van der Waals surface area contributed by atoms with Crippen molar-refractivity contribution in [3.63, 3.8) is 0 Å². The van der Waals surface area contributed by atoms with E-state index in [0.717, 1.165) is 6.07 Å². The van der Waals surface area contributed by atoms with Crippen molar-refractivity contribution in [3.05, 3.63) is 54.1 Å². The molecule has 1 aliphatic rings. The summed E-state index contributed by atoms with van der Waals surface area (Å²) in [6, 6.07) is 7.73. The predicted octanol–water partition coefficient (Wildman–Crippen LogP) is 3.83. The van der Waals surface area contributed by atoms with Gasteiger partial charge in [-0.15, -0.1) is 0 Å². The van der Waals surface area contributed by atoms with E-state index in [9.17, 15) is 34.8 Å². The minimum atomic E-state index is -5.06. The van der Waals surface area contributed by atoms with Crippen LogP contribution in [0.1, 0.15) is 32.8 Å². The summed E-state index contributed by atoms with van der Waals surface area (Å²) in [7, 11) is -9.10. The van der Waals surface area contributed by atoms with Crippen LogP contribution in [0.15, 0.2) is 63.2 Å². The summed E-state index contributed by atoms with van der Waals surface area (Å²) in [5, 5.41) is 0. The molecule has 1 heterocycles. The molecule has 3 rings (SSSR count). The Hall–Kier alpha value is -2.64. The second-order valence-electron chi connectivity index (χ2n) is 9.01. The van der Waals surface area contributed by atoms with Crippen LogP contribution in [0.2, 0.25) is 0 Å². The van der Waals surface area contributed by atoms with Crippen molar-refractivity contribution in [3.8, 4) is 0 Å². The maximum Gasteiger partial charge on any atom is 0.417 e. The van der Waals surface area contributed by atoms with E-state index in [2.05, 4.69) is 4.72 Å². The van der Waals surface area contributed by atoms with E-state index in [0.29, 0.717) is 12.1 Å². The number of likely N-dealkylation sites (tertiary alicyclic amines) is 1. The normalized spacial score (nSPS) is 17.4. The molecular formula is C22H25F3N2O6S2. The molecule has 1 fully saturated rings. The standard InChI is InChI=1S/C22H25F3N2O6S2/c1-21(2,3)33-20(28)27-12-11-15(14-27)26-35(31,32)19-13-17(9-10-18(19)22(23,24)25)34(29,30)16-7-5-4-6-8-16/h4-10,13,15,26H,11-12,14H2,1-3H3/t15-/m0/s1. The van der Waals surface area contributed by atoms with E-state index in [1.165, 1.54) is 29.2 Å². The molecular weight excluding hydrogens is 509 g/mol. The van der Waals surface area contributed by atoms with Crippen LogP contribution >= 0.6 is 0 Å². The number of sulfone groups is 1. The summed E-state index contributed by atoms with van der Waals surface area (Å²) in [6.45, 7) is 5.01. The fourth-order valence-electron chi connectivity index (χ4n) is 3.49. The predicted molar refractivity (Wildman–Crippen MR) is 120 cm³/mol. The summed E-state index contributed by atoms with van der Waals surface area (Å²) in [6.07, 6.45) is -5.59. The highest BCUT2D eigenvalue weighted by Crippen LogP contribution is 2.36. The van der Waals surface area contributed by atoms with Gasteiger partial charge in [-0.2, -0.15) is 13.2 Å². The van der Waals surface area contributed by atoms with Gasteiger partial charge < -0.3 is 9.64 Å². The first-order valence-corrected chi connectivity index (χ1v) is 13.5. The van der Waals surface area contributed by atoms with Gasteiger partial charge in [0, 0.05) is 19.1 Å². The molecule has 1 N–H and O–H groups in total. The van der Waals surface area contributed by atoms with E-state index in [-0.39, 0.29) is 24.4 Å². The molecule has 1 amide bonds. The molecule has 1 aliphatic heterocycles. The van der Waals surface area contributed by atoms with Gasteiger partial charge in [-0.1, -0.05) is 18.2 Å². The summed E-state index contributed by atoms with van der Waals surface area (Å²) >= 11 is 0. The van der Waals surface area contributed by atoms with Crippen molar-refractivity contribution in [1.29, 1.82) is 0 Å². The van der Waals surface area contributed by atoms with Crippen LogP contribution in [0.5, 0.6) is 0 Å². The number of nitrogens with one attached hydrogen (secondary N) is 1. The Morgan fingerprint density at radius 2 is 1.63 bits per heavy atom. The summed E-state index contributed by atoms with van der Waals surface area (Å²) in [4.78, 5) is 11.5. The second-order valence-corrected chi connectivity index (χ2v) is 12.6. The SMILES string of the molecule is CC(C)(C)OC(=O)N1CC[C@H](NS(=O)(=O)c2cc(S(=O)(=O)c3ccccc3)ccc2C(F)(F)F)C1. The Morgan fingerprint density at radius 1 is 1.00 bits per heavy atom. The lowest BCUT2D eigenvalue weighted by molar-refractivity contribution is -0.139. The Morgan fingerprint density at radius 3 is 2.20 bits per heavy atom.